The maximum atomic E-state index is 5.77. The molecule has 0 aliphatic rings. The van der Waals surface area contributed by atoms with Crippen molar-refractivity contribution < 1.29 is 4.74 Å². The lowest BCUT2D eigenvalue weighted by Crippen LogP contribution is -2.44. The molecule has 0 radical (unpaired) electrons. The normalized spacial score (nSPS) is 15.5. The first-order chi connectivity index (χ1) is 8.31. The van der Waals surface area contributed by atoms with Gasteiger partial charge in [-0.2, -0.15) is 0 Å². The fourth-order valence-electron chi connectivity index (χ4n) is 2.42. The van der Waals surface area contributed by atoms with E-state index in [1.54, 1.807) is 7.11 Å². The largest absolute Gasteiger partial charge is 0.379 e. The Morgan fingerprint density at radius 1 is 1.22 bits per heavy atom. The standard InChI is InChI=1S/C15H26N2O/c1-10-7-8-11(2)12(9-10)13(17-16)14(18-6)15(3,4)5/h7-9,13-14,17H,16H2,1-6H3. The third-order valence-corrected chi connectivity index (χ3v) is 3.36. The molecule has 0 bridgehead atoms. The van der Waals surface area contributed by atoms with Crippen molar-refractivity contribution in [2.24, 2.45) is 11.3 Å². The van der Waals surface area contributed by atoms with Crippen LogP contribution < -0.4 is 11.3 Å². The Morgan fingerprint density at radius 2 is 1.83 bits per heavy atom. The number of rotatable bonds is 4. The van der Waals surface area contributed by atoms with Crippen LogP contribution in [0.4, 0.5) is 0 Å². The average Bonchev–Trinajstić information content (AvgIpc) is 2.27. The second-order valence-electron chi connectivity index (χ2n) is 6.03. The third kappa shape index (κ3) is 3.31. The van der Waals surface area contributed by atoms with Crippen LogP contribution >= 0.6 is 0 Å². The third-order valence-electron chi connectivity index (χ3n) is 3.36. The molecule has 0 aromatic heterocycles. The lowest BCUT2D eigenvalue weighted by molar-refractivity contribution is -0.0121. The van der Waals surface area contributed by atoms with Crippen LogP contribution in [0.25, 0.3) is 0 Å². The van der Waals surface area contributed by atoms with Crippen LogP contribution in [0.15, 0.2) is 18.2 Å². The topological polar surface area (TPSA) is 47.3 Å². The summed E-state index contributed by atoms with van der Waals surface area (Å²) >= 11 is 0. The maximum Gasteiger partial charge on any atom is 0.0827 e. The van der Waals surface area contributed by atoms with E-state index in [2.05, 4.69) is 58.2 Å². The fourth-order valence-corrected chi connectivity index (χ4v) is 2.42. The summed E-state index contributed by atoms with van der Waals surface area (Å²) in [7, 11) is 1.74. The zero-order valence-electron chi connectivity index (χ0n) is 12.4. The Morgan fingerprint density at radius 3 is 2.28 bits per heavy atom. The van der Waals surface area contributed by atoms with Gasteiger partial charge in [0.05, 0.1) is 12.1 Å². The summed E-state index contributed by atoms with van der Waals surface area (Å²) in [6.45, 7) is 10.7. The number of ether oxygens (including phenoxy) is 1. The predicted molar refractivity (Wildman–Crippen MR) is 76.2 cm³/mol. The van der Waals surface area contributed by atoms with Crippen LogP contribution in [0.1, 0.15) is 43.5 Å². The molecule has 3 N–H and O–H groups in total. The van der Waals surface area contributed by atoms with Gasteiger partial charge in [0.1, 0.15) is 0 Å². The first-order valence-electron chi connectivity index (χ1n) is 6.37. The van der Waals surface area contributed by atoms with E-state index in [0.717, 1.165) is 0 Å². The summed E-state index contributed by atoms with van der Waals surface area (Å²) in [5, 5.41) is 0. The van der Waals surface area contributed by atoms with Crippen LogP contribution in [0.5, 0.6) is 0 Å². The van der Waals surface area contributed by atoms with Gasteiger partial charge >= 0.3 is 0 Å². The molecular formula is C15H26N2O. The van der Waals surface area contributed by atoms with E-state index in [-0.39, 0.29) is 17.6 Å². The number of hydrazine groups is 1. The van der Waals surface area contributed by atoms with E-state index in [9.17, 15) is 0 Å². The summed E-state index contributed by atoms with van der Waals surface area (Å²) < 4.78 is 5.67. The zero-order valence-corrected chi connectivity index (χ0v) is 12.4. The molecule has 0 saturated carbocycles. The van der Waals surface area contributed by atoms with Crippen molar-refractivity contribution in [3.8, 4) is 0 Å². The Labute approximate surface area is 111 Å². The monoisotopic (exact) mass is 250 g/mol. The summed E-state index contributed by atoms with van der Waals surface area (Å²) in [6, 6.07) is 6.42. The lowest BCUT2D eigenvalue weighted by atomic mass is 9.81. The van der Waals surface area contributed by atoms with Gasteiger partial charge in [-0.15, -0.1) is 0 Å². The SMILES string of the molecule is COC(C(NN)c1cc(C)ccc1C)C(C)(C)C. The quantitative estimate of drug-likeness (QED) is 0.638. The highest BCUT2D eigenvalue weighted by Crippen LogP contribution is 2.33. The number of benzene rings is 1. The first-order valence-corrected chi connectivity index (χ1v) is 6.37. The summed E-state index contributed by atoms with van der Waals surface area (Å²) in [5.74, 6) is 5.77. The smallest absolute Gasteiger partial charge is 0.0827 e. The van der Waals surface area contributed by atoms with Gasteiger partial charge in [-0.25, -0.2) is 0 Å². The minimum absolute atomic E-state index is 0.00472. The van der Waals surface area contributed by atoms with Gasteiger partial charge in [-0.1, -0.05) is 44.5 Å². The summed E-state index contributed by atoms with van der Waals surface area (Å²) in [5.41, 5.74) is 6.61. The van der Waals surface area contributed by atoms with Crippen molar-refractivity contribution in [1.82, 2.24) is 5.43 Å². The second-order valence-corrected chi connectivity index (χ2v) is 6.03. The van der Waals surface area contributed by atoms with E-state index in [1.165, 1.54) is 16.7 Å². The molecule has 2 atom stereocenters. The van der Waals surface area contributed by atoms with Crippen molar-refractivity contribution in [1.29, 1.82) is 0 Å². The second kappa shape index (κ2) is 5.83. The lowest BCUT2D eigenvalue weighted by Gasteiger charge is -2.36. The van der Waals surface area contributed by atoms with Crippen LogP contribution in [-0.2, 0) is 4.74 Å². The Bertz CT molecular complexity index is 396. The van der Waals surface area contributed by atoms with Crippen molar-refractivity contribution in [3.05, 3.63) is 34.9 Å². The Kier molecular flexibility index (Phi) is 4.91. The van der Waals surface area contributed by atoms with Gasteiger partial charge < -0.3 is 4.74 Å². The molecular weight excluding hydrogens is 224 g/mol. The fraction of sp³-hybridized carbons (Fsp3) is 0.600. The minimum Gasteiger partial charge on any atom is -0.379 e. The molecule has 102 valence electrons. The molecule has 0 spiro atoms. The Hall–Kier alpha value is -0.900. The number of nitrogens with one attached hydrogen (secondary N) is 1. The maximum absolute atomic E-state index is 5.77. The van der Waals surface area contributed by atoms with Crippen LogP contribution in [0, 0.1) is 19.3 Å². The van der Waals surface area contributed by atoms with Crippen molar-refractivity contribution in [3.63, 3.8) is 0 Å². The van der Waals surface area contributed by atoms with Gasteiger partial charge in [0.25, 0.3) is 0 Å². The van der Waals surface area contributed by atoms with Crippen molar-refractivity contribution in [2.45, 2.75) is 46.8 Å². The van der Waals surface area contributed by atoms with Gasteiger partial charge in [0.2, 0.25) is 0 Å². The highest BCUT2D eigenvalue weighted by atomic mass is 16.5. The molecule has 0 aliphatic heterocycles. The minimum atomic E-state index is -0.00472. The van der Waals surface area contributed by atoms with Gasteiger partial charge in [-0.05, 0) is 30.4 Å². The van der Waals surface area contributed by atoms with E-state index < -0.39 is 0 Å². The molecule has 0 heterocycles. The number of nitrogens with two attached hydrogens (primary N) is 1. The van der Waals surface area contributed by atoms with E-state index in [1.807, 2.05) is 0 Å². The zero-order chi connectivity index (χ0) is 13.9. The van der Waals surface area contributed by atoms with Crippen molar-refractivity contribution in [2.75, 3.05) is 7.11 Å². The van der Waals surface area contributed by atoms with E-state index in [0.29, 0.717) is 0 Å². The summed E-state index contributed by atoms with van der Waals surface area (Å²) in [6.07, 6.45) is 0.0167. The Balaban J connectivity index is 3.19. The van der Waals surface area contributed by atoms with Crippen LogP contribution in [-0.4, -0.2) is 13.2 Å². The van der Waals surface area contributed by atoms with Crippen LogP contribution in [0.2, 0.25) is 0 Å². The molecule has 0 aliphatic carbocycles. The van der Waals surface area contributed by atoms with E-state index in [4.69, 9.17) is 10.6 Å². The van der Waals surface area contributed by atoms with Gasteiger partial charge in [0, 0.05) is 7.11 Å². The first kappa shape index (κ1) is 15.2. The molecule has 1 aromatic carbocycles. The predicted octanol–water partition coefficient (Wildman–Crippen LogP) is 2.87. The molecule has 3 heteroatoms. The van der Waals surface area contributed by atoms with Crippen LogP contribution in [0.3, 0.4) is 0 Å². The molecule has 1 aromatic rings. The number of hydrogen-bond donors (Lipinski definition) is 2. The molecule has 0 saturated heterocycles. The highest BCUT2D eigenvalue weighted by Gasteiger charge is 2.33. The van der Waals surface area contributed by atoms with Gasteiger partial charge in [0.15, 0.2) is 0 Å². The van der Waals surface area contributed by atoms with Gasteiger partial charge in [-0.3, -0.25) is 11.3 Å². The molecule has 0 amide bonds. The molecule has 2 unspecified atom stereocenters. The van der Waals surface area contributed by atoms with E-state index >= 15 is 0 Å². The molecule has 0 fully saturated rings. The highest BCUT2D eigenvalue weighted by molar-refractivity contribution is 5.34. The average molecular weight is 250 g/mol. The number of aryl methyl sites for hydroxylation is 2. The summed E-state index contributed by atoms with van der Waals surface area (Å²) in [4.78, 5) is 0. The number of methoxy groups -OCH3 is 1. The number of hydrogen-bond acceptors (Lipinski definition) is 3. The molecule has 3 nitrogen and oxygen atoms in total. The molecule has 1 rings (SSSR count). The van der Waals surface area contributed by atoms with Crippen molar-refractivity contribution >= 4 is 0 Å². The molecule has 18 heavy (non-hydrogen) atoms.